The molecule has 11 heteroatoms. The zero-order valence-corrected chi connectivity index (χ0v) is 25.6. The molecule has 3 fully saturated rings. The van der Waals surface area contributed by atoms with Crippen LogP contribution in [0.1, 0.15) is 37.7 Å². The Morgan fingerprint density at radius 2 is 1.98 bits per heavy atom. The van der Waals surface area contributed by atoms with Crippen molar-refractivity contribution in [3.05, 3.63) is 47.7 Å². The monoisotopic (exact) mass is 665 g/mol. The minimum Gasteiger partial charge on any atom is -0.508 e. The third kappa shape index (κ3) is 4.92. The molecule has 3 aliphatic heterocycles. The van der Waals surface area contributed by atoms with Gasteiger partial charge < -0.3 is 14.7 Å². The number of rotatable bonds is 6. The maximum absolute atomic E-state index is 16.7. The van der Waals surface area contributed by atoms with Crippen LogP contribution in [0.5, 0.6) is 11.8 Å². The summed E-state index contributed by atoms with van der Waals surface area (Å²) in [6, 6.07) is 5.47. The molecular weight excluding hydrogens is 635 g/mol. The van der Waals surface area contributed by atoms with E-state index in [1.807, 2.05) is 0 Å². The Bertz CT molecular complexity index is 1810. The van der Waals surface area contributed by atoms with Crippen LogP contribution in [0.2, 0.25) is 0 Å². The van der Waals surface area contributed by atoms with E-state index in [0.717, 1.165) is 37.6 Å². The number of piperidine rings is 1. The molecule has 3 aliphatic rings. The number of terminal acetylenes is 1. The lowest BCUT2D eigenvalue weighted by atomic mass is 9.95. The van der Waals surface area contributed by atoms with E-state index >= 15 is 4.39 Å². The van der Waals surface area contributed by atoms with E-state index in [0.29, 0.717) is 48.6 Å². The van der Waals surface area contributed by atoms with Gasteiger partial charge in [-0.25, -0.2) is 13.2 Å². The van der Waals surface area contributed by atoms with E-state index in [1.165, 1.54) is 30.5 Å². The van der Waals surface area contributed by atoms with Crippen molar-refractivity contribution in [2.24, 2.45) is 5.92 Å². The second kappa shape index (κ2) is 11.4. The first-order valence-corrected chi connectivity index (χ1v) is 16.0. The van der Waals surface area contributed by atoms with Gasteiger partial charge in [-0.1, -0.05) is 27.9 Å². The van der Waals surface area contributed by atoms with Crippen molar-refractivity contribution in [2.75, 3.05) is 43.0 Å². The van der Waals surface area contributed by atoms with Crippen molar-refractivity contribution in [1.29, 1.82) is 0 Å². The molecule has 7 rings (SSSR count). The molecule has 3 saturated heterocycles. The van der Waals surface area contributed by atoms with Gasteiger partial charge >= 0.3 is 6.01 Å². The number of hydrogen-bond acceptors (Lipinski definition) is 7. The summed E-state index contributed by atoms with van der Waals surface area (Å²) in [7, 11) is 0. The van der Waals surface area contributed by atoms with Crippen molar-refractivity contribution in [2.45, 2.75) is 43.8 Å². The molecule has 228 valence electrons. The molecule has 0 saturated carbocycles. The maximum atomic E-state index is 16.7. The Labute approximate surface area is 261 Å². The number of aromatic nitrogens is 3. The summed E-state index contributed by atoms with van der Waals surface area (Å²) in [6.45, 7) is 2.84. The second-order valence-corrected chi connectivity index (χ2v) is 12.8. The van der Waals surface area contributed by atoms with Gasteiger partial charge in [0.05, 0.1) is 16.5 Å². The zero-order chi connectivity index (χ0) is 30.6. The van der Waals surface area contributed by atoms with Crippen LogP contribution in [0.25, 0.3) is 32.9 Å². The SMILES string of the molecule is C#Cc1c(F)ccc2cc(O)cc(-c3ncc4c(N5CCC(CBr)CC5)nc(OCC56CCCN5CC(F)C6)nc4c3F)c12. The van der Waals surface area contributed by atoms with Gasteiger partial charge in [-0.3, -0.25) is 9.88 Å². The Morgan fingerprint density at radius 3 is 2.75 bits per heavy atom. The number of phenolic OH excluding ortho intramolecular Hbond substituents is 1. The van der Waals surface area contributed by atoms with Crippen LogP contribution in [-0.4, -0.2) is 74.8 Å². The molecule has 2 aromatic carbocycles. The van der Waals surface area contributed by atoms with Crippen LogP contribution < -0.4 is 9.64 Å². The molecule has 44 heavy (non-hydrogen) atoms. The number of benzene rings is 2. The topological polar surface area (TPSA) is 74.6 Å². The van der Waals surface area contributed by atoms with E-state index in [4.69, 9.17) is 16.1 Å². The highest BCUT2D eigenvalue weighted by molar-refractivity contribution is 9.09. The number of fused-ring (bicyclic) bond motifs is 3. The van der Waals surface area contributed by atoms with Crippen molar-refractivity contribution >= 4 is 43.4 Å². The lowest BCUT2D eigenvalue weighted by Gasteiger charge is -2.33. The van der Waals surface area contributed by atoms with Gasteiger partial charge in [0, 0.05) is 48.5 Å². The van der Waals surface area contributed by atoms with Crippen LogP contribution in [-0.2, 0) is 0 Å². The number of phenols is 1. The molecule has 0 radical (unpaired) electrons. The van der Waals surface area contributed by atoms with Crippen molar-refractivity contribution in [3.8, 4) is 35.4 Å². The Kier molecular flexibility index (Phi) is 7.53. The maximum Gasteiger partial charge on any atom is 0.319 e. The number of halogens is 4. The number of anilines is 1. The van der Waals surface area contributed by atoms with Crippen LogP contribution in [0.15, 0.2) is 30.5 Å². The fourth-order valence-electron chi connectivity index (χ4n) is 7.21. The predicted molar refractivity (Wildman–Crippen MR) is 167 cm³/mol. The Balaban J connectivity index is 1.36. The molecule has 5 heterocycles. The number of aromatic hydroxyl groups is 1. The fourth-order valence-corrected chi connectivity index (χ4v) is 7.86. The highest BCUT2D eigenvalue weighted by Crippen LogP contribution is 2.42. The summed E-state index contributed by atoms with van der Waals surface area (Å²) in [4.78, 5) is 18.0. The van der Waals surface area contributed by atoms with E-state index < -0.39 is 23.3 Å². The van der Waals surface area contributed by atoms with Crippen LogP contribution in [0, 0.1) is 29.9 Å². The third-order valence-electron chi connectivity index (χ3n) is 9.46. The summed E-state index contributed by atoms with van der Waals surface area (Å²) < 4.78 is 52.1. The largest absolute Gasteiger partial charge is 0.508 e. The van der Waals surface area contributed by atoms with Gasteiger partial charge in [0.25, 0.3) is 0 Å². The van der Waals surface area contributed by atoms with E-state index in [-0.39, 0.29) is 46.1 Å². The Morgan fingerprint density at radius 1 is 1.16 bits per heavy atom. The van der Waals surface area contributed by atoms with Crippen molar-refractivity contribution in [3.63, 3.8) is 0 Å². The van der Waals surface area contributed by atoms with E-state index in [2.05, 4.69) is 41.6 Å². The number of hydrogen-bond donors (Lipinski definition) is 1. The van der Waals surface area contributed by atoms with Crippen LogP contribution in [0.3, 0.4) is 0 Å². The minimum atomic E-state index is -0.913. The molecule has 1 N–H and O–H groups in total. The van der Waals surface area contributed by atoms with E-state index in [1.54, 1.807) is 0 Å². The number of pyridine rings is 1. The smallest absolute Gasteiger partial charge is 0.319 e. The lowest BCUT2D eigenvalue weighted by molar-refractivity contribution is 0.107. The van der Waals surface area contributed by atoms with Crippen LogP contribution >= 0.6 is 15.9 Å². The summed E-state index contributed by atoms with van der Waals surface area (Å²) >= 11 is 3.59. The third-order valence-corrected chi connectivity index (χ3v) is 10.4. The number of alkyl halides is 2. The van der Waals surface area contributed by atoms with Gasteiger partial charge in [-0.15, -0.1) is 6.42 Å². The van der Waals surface area contributed by atoms with Crippen molar-refractivity contribution in [1.82, 2.24) is 19.9 Å². The summed E-state index contributed by atoms with van der Waals surface area (Å²) in [5, 5.41) is 12.5. The van der Waals surface area contributed by atoms with Crippen LogP contribution in [0.4, 0.5) is 19.0 Å². The molecule has 2 unspecified atom stereocenters. The molecular formula is C33H31BrF3N5O2. The highest BCUT2D eigenvalue weighted by atomic mass is 79.9. The minimum absolute atomic E-state index is 0.00539. The van der Waals surface area contributed by atoms with E-state index in [9.17, 15) is 13.9 Å². The molecule has 2 aromatic heterocycles. The quantitative estimate of drug-likeness (QED) is 0.189. The zero-order valence-electron chi connectivity index (χ0n) is 24.0. The first kappa shape index (κ1) is 29.1. The Hall–Kier alpha value is -3.62. The standard InChI is InChI=1S/C33H31BrF3N5O2/c1-2-23-26(36)5-4-20-12-22(43)13-24(27(20)23)29-28(37)30-25(16-38-29)31(41-10-6-19(15-34)7-11-41)40-32(39-30)44-18-33-8-3-9-42(33)17-21(35)14-33/h1,4-5,12-13,16,19,21,43H,3,6-11,14-15,17-18H2. The molecule has 0 spiro atoms. The second-order valence-electron chi connectivity index (χ2n) is 12.1. The fraction of sp³-hybridized carbons (Fsp3) is 0.424. The number of ether oxygens (including phenoxy) is 1. The molecule has 4 aromatic rings. The summed E-state index contributed by atoms with van der Waals surface area (Å²) in [5.74, 6) is 1.87. The molecule has 2 atom stereocenters. The first-order valence-electron chi connectivity index (χ1n) is 14.9. The average molecular weight is 667 g/mol. The predicted octanol–water partition coefficient (Wildman–Crippen LogP) is 6.38. The molecule has 0 bridgehead atoms. The average Bonchev–Trinajstić information content (AvgIpc) is 3.55. The number of nitrogens with zero attached hydrogens (tertiary/aromatic N) is 5. The highest BCUT2D eigenvalue weighted by Gasteiger charge is 2.49. The van der Waals surface area contributed by atoms with Gasteiger partial charge in [0.15, 0.2) is 5.82 Å². The van der Waals surface area contributed by atoms with Gasteiger partial charge in [-0.05, 0) is 61.7 Å². The lowest BCUT2D eigenvalue weighted by Crippen LogP contribution is -2.43. The first-order chi connectivity index (χ1) is 21.3. The van der Waals surface area contributed by atoms with Crippen molar-refractivity contribution < 1.29 is 23.0 Å². The van der Waals surface area contributed by atoms with Gasteiger partial charge in [-0.2, -0.15) is 9.97 Å². The molecule has 7 nitrogen and oxygen atoms in total. The summed E-state index contributed by atoms with van der Waals surface area (Å²) in [5.41, 5.74) is -0.476. The van der Waals surface area contributed by atoms with Gasteiger partial charge in [0.1, 0.15) is 41.4 Å². The van der Waals surface area contributed by atoms with Gasteiger partial charge in [0.2, 0.25) is 0 Å². The molecule has 0 aliphatic carbocycles. The molecule has 0 amide bonds. The summed E-state index contributed by atoms with van der Waals surface area (Å²) in [6.07, 6.45) is 10.3. The normalized spacial score (nSPS) is 22.5.